The van der Waals surface area contributed by atoms with Gasteiger partial charge < -0.3 is 5.32 Å². The van der Waals surface area contributed by atoms with E-state index in [1.54, 1.807) is 41.2 Å². The lowest BCUT2D eigenvalue weighted by Gasteiger charge is -2.08. The van der Waals surface area contributed by atoms with Crippen molar-refractivity contribution >= 4 is 35.1 Å². The first-order valence-electron chi connectivity index (χ1n) is 9.02. The fourth-order valence-electron chi connectivity index (χ4n) is 2.85. The van der Waals surface area contributed by atoms with Gasteiger partial charge in [0.15, 0.2) is 11.9 Å². The van der Waals surface area contributed by atoms with Crippen LogP contribution in [0.15, 0.2) is 60.9 Å². The lowest BCUT2D eigenvalue weighted by molar-refractivity contribution is 0.102. The SMILES string of the molecule is Cc1ccc(C(=O)Nc2ccc(C=O)c(Cl)c2)cc1C#Cc1cnc2cccnn12. The molecule has 0 saturated carbocycles. The third kappa shape index (κ3) is 3.93. The Labute approximate surface area is 177 Å². The average molecular weight is 415 g/mol. The molecule has 1 amide bonds. The van der Waals surface area contributed by atoms with E-state index in [2.05, 4.69) is 27.2 Å². The maximum atomic E-state index is 12.7. The number of nitrogens with zero attached hydrogens (tertiary/aromatic N) is 3. The predicted molar refractivity (Wildman–Crippen MR) is 115 cm³/mol. The minimum Gasteiger partial charge on any atom is -0.322 e. The largest absolute Gasteiger partial charge is 0.322 e. The topological polar surface area (TPSA) is 76.4 Å². The molecule has 0 aliphatic heterocycles. The lowest BCUT2D eigenvalue weighted by atomic mass is 10.0. The van der Waals surface area contributed by atoms with Gasteiger partial charge >= 0.3 is 0 Å². The van der Waals surface area contributed by atoms with Crippen LogP contribution < -0.4 is 5.32 Å². The van der Waals surface area contributed by atoms with Crippen LogP contribution in [0.25, 0.3) is 5.65 Å². The Kier molecular flexibility index (Phi) is 5.29. The third-order valence-electron chi connectivity index (χ3n) is 4.49. The highest BCUT2D eigenvalue weighted by atomic mass is 35.5. The number of imidazole rings is 1. The van der Waals surface area contributed by atoms with E-state index in [1.807, 2.05) is 25.1 Å². The van der Waals surface area contributed by atoms with Gasteiger partial charge in [-0.15, -0.1) is 0 Å². The van der Waals surface area contributed by atoms with Crippen LogP contribution in [-0.2, 0) is 0 Å². The number of halogens is 1. The van der Waals surface area contributed by atoms with Crippen LogP contribution in [0.3, 0.4) is 0 Å². The molecular formula is C23H15ClN4O2. The second-order valence-corrected chi connectivity index (χ2v) is 6.93. The second kappa shape index (κ2) is 8.19. The summed E-state index contributed by atoms with van der Waals surface area (Å²) < 4.78 is 1.66. The van der Waals surface area contributed by atoms with E-state index < -0.39 is 0 Å². The summed E-state index contributed by atoms with van der Waals surface area (Å²) in [7, 11) is 0. The quantitative estimate of drug-likeness (QED) is 0.403. The van der Waals surface area contributed by atoms with Gasteiger partial charge in [-0.25, -0.2) is 9.50 Å². The summed E-state index contributed by atoms with van der Waals surface area (Å²) >= 11 is 6.02. The summed E-state index contributed by atoms with van der Waals surface area (Å²) in [5.41, 5.74) is 4.36. The highest BCUT2D eigenvalue weighted by Gasteiger charge is 2.10. The van der Waals surface area contributed by atoms with Crippen molar-refractivity contribution in [2.45, 2.75) is 6.92 Å². The summed E-state index contributed by atoms with van der Waals surface area (Å²) in [5, 5.41) is 7.30. The molecule has 2 aromatic carbocycles. The summed E-state index contributed by atoms with van der Waals surface area (Å²) in [4.78, 5) is 27.8. The highest BCUT2D eigenvalue weighted by molar-refractivity contribution is 6.33. The van der Waals surface area contributed by atoms with Crippen molar-refractivity contribution in [2.75, 3.05) is 5.32 Å². The van der Waals surface area contributed by atoms with Crippen LogP contribution in [-0.4, -0.2) is 26.8 Å². The summed E-state index contributed by atoms with van der Waals surface area (Å²) in [5.74, 6) is 5.87. The number of aromatic nitrogens is 3. The Morgan fingerprint density at radius 2 is 2.03 bits per heavy atom. The van der Waals surface area contributed by atoms with Gasteiger partial charge in [-0.05, 0) is 60.9 Å². The number of carbonyl (C=O) groups is 2. The molecule has 2 heterocycles. The first-order chi connectivity index (χ1) is 14.5. The zero-order valence-corrected chi connectivity index (χ0v) is 16.6. The molecular weight excluding hydrogens is 400 g/mol. The van der Waals surface area contributed by atoms with E-state index in [0.29, 0.717) is 34.4 Å². The number of benzene rings is 2. The number of aldehydes is 1. The molecule has 0 saturated heterocycles. The second-order valence-electron chi connectivity index (χ2n) is 6.53. The molecule has 4 rings (SSSR count). The van der Waals surface area contributed by atoms with Gasteiger partial charge in [0.25, 0.3) is 5.91 Å². The van der Waals surface area contributed by atoms with Crippen molar-refractivity contribution in [3.8, 4) is 11.8 Å². The van der Waals surface area contributed by atoms with E-state index in [-0.39, 0.29) is 10.9 Å². The van der Waals surface area contributed by atoms with Crippen molar-refractivity contribution in [1.29, 1.82) is 0 Å². The highest BCUT2D eigenvalue weighted by Crippen LogP contribution is 2.20. The first-order valence-corrected chi connectivity index (χ1v) is 9.40. The molecule has 0 aliphatic carbocycles. The van der Waals surface area contributed by atoms with Gasteiger partial charge in [-0.3, -0.25) is 9.59 Å². The Morgan fingerprint density at radius 3 is 2.83 bits per heavy atom. The fourth-order valence-corrected chi connectivity index (χ4v) is 3.07. The third-order valence-corrected chi connectivity index (χ3v) is 4.82. The molecule has 4 aromatic rings. The van der Waals surface area contributed by atoms with Gasteiger partial charge in [0.05, 0.1) is 11.2 Å². The van der Waals surface area contributed by atoms with E-state index in [1.165, 1.54) is 6.07 Å². The number of carbonyl (C=O) groups excluding carboxylic acids is 2. The number of hydrogen-bond donors (Lipinski definition) is 1. The standard InChI is InChI=1S/C23H15ClN4O2/c1-15-4-5-17(23(30)27-19-8-6-18(14-29)21(24)12-19)11-16(15)7-9-20-13-25-22-3-2-10-26-28(20)22/h2-6,8,10-14H,1H3,(H,27,30). The molecule has 0 aliphatic rings. The maximum absolute atomic E-state index is 12.7. The molecule has 0 atom stereocenters. The average Bonchev–Trinajstić information content (AvgIpc) is 3.16. The van der Waals surface area contributed by atoms with Crippen LogP contribution in [0, 0.1) is 18.8 Å². The van der Waals surface area contributed by atoms with Gasteiger partial charge in [0.1, 0.15) is 5.69 Å². The lowest BCUT2D eigenvalue weighted by Crippen LogP contribution is -2.12. The molecule has 2 aromatic heterocycles. The molecule has 0 spiro atoms. The molecule has 1 N–H and O–H groups in total. The minimum atomic E-state index is -0.301. The zero-order valence-electron chi connectivity index (χ0n) is 15.9. The zero-order chi connectivity index (χ0) is 21.1. The predicted octanol–water partition coefficient (Wildman–Crippen LogP) is 4.16. The molecule has 6 nitrogen and oxygen atoms in total. The number of amides is 1. The van der Waals surface area contributed by atoms with Gasteiger partial charge in [-0.2, -0.15) is 5.10 Å². The Hall–Kier alpha value is -3.95. The number of nitrogens with one attached hydrogen (secondary N) is 1. The van der Waals surface area contributed by atoms with Crippen LogP contribution in [0.1, 0.15) is 37.5 Å². The summed E-state index contributed by atoms with van der Waals surface area (Å²) in [6, 6.07) is 13.7. The first kappa shape index (κ1) is 19.4. The van der Waals surface area contributed by atoms with E-state index >= 15 is 0 Å². The molecule has 0 radical (unpaired) electrons. The van der Waals surface area contributed by atoms with Gasteiger partial charge in [0, 0.05) is 28.6 Å². The number of aryl methyl sites for hydroxylation is 1. The van der Waals surface area contributed by atoms with Crippen molar-refractivity contribution in [1.82, 2.24) is 14.6 Å². The molecule has 146 valence electrons. The minimum absolute atomic E-state index is 0.278. The normalized spacial score (nSPS) is 10.3. The van der Waals surface area contributed by atoms with Crippen LogP contribution in [0.4, 0.5) is 5.69 Å². The number of fused-ring (bicyclic) bond motifs is 1. The summed E-state index contributed by atoms with van der Waals surface area (Å²) in [6.45, 7) is 1.93. The molecule has 0 fully saturated rings. The van der Waals surface area contributed by atoms with E-state index in [9.17, 15) is 9.59 Å². The Morgan fingerprint density at radius 1 is 1.17 bits per heavy atom. The van der Waals surface area contributed by atoms with Crippen molar-refractivity contribution < 1.29 is 9.59 Å². The van der Waals surface area contributed by atoms with Crippen molar-refractivity contribution in [2.24, 2.45) is 0 Å². The smallest absolute Gasteiger partial charge is 0.255 e. The van der Waals surface area contributed by atoms with Crippen LogP contribution >= 0.6 is 11.6 Å². The molecule has 7 heteroatoms. The Balaban J connectivity index is 1.60. The molecule has 0 bridgehead atoms. The molecule has 0 unspecified atom stereocenters. The van der Waals surface area contributed by atoms with Crippen LogP contribution in [0.5, 0.6) is 0 Å². The number of anilines is 1. The van der Waals surface area contributed by atoms with Crippen molar-refractivity contribution in [3.63, 3.8) is 0 Å². The van der Waals surface area contributed by atoms with Crippen LogP contribution in [0.2, 0.25) is 5.02 Å². The van der Waals surface area contributed by atoms with Gasteiger partial charge in [0.2, 0.25) is 0 Å². The van der Waals surface area contributed by atoms with Crippen molar-refractivity contribution in [3.05, 3.63) is 93.9 Å². The summed E-state index contributed by atoms with van der Waals surface area (Å²) in [6.07, 6.45) is 4.00. The maximum Gasteiger partial charge on any atom is 0.255 e. The molecule has 30 heavy (non-hydrogen) atoms. The number of rotatable bonds is 3. The fraction of sp³-hybridized carbons (Fsp3) is 0.0435. The van der Waals surface area contributed by atoms with E-state index in [4.69, 9.17) is 11.6 Å². The van der Waals surface area contributed by atoms with Gasteiger partial charge in [-0.1, -0.05) is 23.6 Å². The monoisotopic (exact) mass is 414 g/mol. The Bertz CT molecular complexity index is 1350. The van der Waals surface area contributed by atoms with E-state index in [0.717, 1.165) is 11.1 Å². The number of hydrogen-bond acceptors (Lipinski definition) is 4.